The van der Waals surface area contributed by atoms with E-state index in [1.54, 1.807) is 9.13 Å². The molecule has 0 aliphatic heterocycles. The van der Waals surface area contributed by atoms with E-state index in [9.17, 15) is 4.79 Å². The Morgan fingerprint density at radius 1 is 1.18 bits per heavy atom. The third-order valence-electron chi connectivity index (χ3n) is 5.05. The van der Waals surface area contributed by atoms with Gasteiger partial charge in [0.15, 0.2) is 0 Å². The van der Waals surface area contributed by atoms with Gasteiger partial charge in [-0.25, -0.2) is 4.79 Å². The van der Waals surface area contributed by atoms with E-state index in [-0.39, 0.29) is 17.1 Å². The highest BCUT2D eigenvalue weighted by Crippen LogP contribution is 2.42. The highest BCUT2D eigenvalue weighted by molar-refractivity contribution is 5.46. The lowest BCUT2D eigenvalue weighted by molar-refractivity contribution is 0.451. The molecule has 1 aromatic carbocycles. The van der Waals surface area contributed by atoms with E-state index < -0.39 is 0 Å². The Morgan fingerprint density at radius 2 is 1.86 bits per heavy atom. The molecule has 1 saturated carbocycles. The highest BCUT2D eigenvalue weighted by atomic mass is 16.1. The lowest BCUT2D eigenvalue weighted by Crippen LogP contribution is -2.34. The van der Waals surface area contributed by atoms with Gasteiger partial charge in [0.05, 0.1) is 5.69 Å². The summed E-state index contributed by atoms with van der Waals surface area (Å²) in [4.78, 5) is 12.7. The van der Waals surface area contributed by atoms with Crippen molar-refractivity contribution in [3.05, 3.63) is 52.7 Å². The summed E-state index contributed by atoms with van der Waals surface area (Å²) in [7, 11) is 0. The Balaban J connectivity index is 2.15. The summed E-state index contributed by atoms with van der Waals surface area (Å²) in [6.45, 7) is 4.69. The summed E-state index contributed by atoms with van der Waals surface area (Å²) in [5, 5.41) is 0. The van der Waals surface area contributed by atoms with Crippen LogP contribution in [0.1, 0.15) is 51.1 Å². The summed E-state index contributed by atoms with van der Waals surface area (Å²) in [5.74, 6) is 0. The molecule has 1 aliphatic carbocycles. The first-order chi connectivity index (χ1) is 10.6. The van der Waals surface area contributed by atoms with Crippen LogP contribution in [0.5, 0.6) is 0 Å². The fraction of sp³-hybridized carbons (Fsp3) is 0.500. The van der Waals surface area contributed by atoms with E-state index in [2.05, 4.69) is 12.1 Å². The lowest BCUT2D eigenvalue weighted by atomic mass is 9.78. The van der Waals surface area contributed by atoms with Crippen LogP contribution in [0.25, 0.3) is 5.69 Å². The van der Waals surface area contributed by atoms with E-state index in [1.807, 2.05) is 38.4 Å². The molecule has 0 saturated heterocycles. The van der Waals surface area contributed by atoms with Crippen LogP contribution in [0.15, 0.2) is 41.5 Å². The first-order valence-electron chi connectivity index (χ1n) is 8.18. The molecule has 2 N–H and O–H groups in total. The van der Waals surface area contributed by atoms with Crippen LogP contribution in [0, 0.1) is 0 Å². The van der Waals surface area contributed by atoms with Gasteiger partial charge in [-0.2, -0.15) is 0 Å². The normalized spacial score (nSPS) is 17.3. The van der Waals surface area contributed by atoms with Gasteiger partial charge in [-0.1, -0.05) is 31.0 Å². The molecule has 0 atom stereocenters. The van der Waals surface area contributed by atoms with E-state index in [0.717, 1.165) is 18.5 Å². The van der Waals surface area contributed by atoms with Gasteiger partial charge in [-0.3, -0.25) is 9.13 Å². The molecular weight excluding hydrogens is 274 g/mol. The van der Waals surface area contributed by atoms with Gasteiger partial charge in [0.1, 0.15) is 0 Å². The molecule has 2 aromatic rings. The van der Waals surface area contributed by atoms with Gasteiger partial charge in [0, 0.05) is 30.4 Å². The van der Waals surface area contributed by atoms with Crippen LogP contribution in [0.3, 0.4) is 0 Å². The second kappa shape index (κ2) is 5.76. The molecule has 4 heteroatoms. The van der Waals surface area contributed by atoms with Crippen LogP contribution in [0.4, 0.5) is 0 Å². The Morgan fingerprint density at radius 3 is 2.45 bits per heavy atom. The molecule has 0 radical (unpaired) electrons. The van der Waals surface area contributed by atoms with Gasteiger partial charge in [-0.05, 0) is 38.3 Å². The zero-order valence-corrected chi connectivity index (χ0v) is 13.5. The maximum atomic E-state index is 12.7. The van der Waals surface area contributed by atoms with E-state index in [1.165, 1.54) is 18.4 Å². The fourth-order valence-corrected chi connectivity index (χ4v) is 3.73. The number of imidazole rings is 1. The monoisotopic (exact) mass is 299 g/mol. The smallest absolute Gasteiger partial charge is 0.330 e. The number of rotatable bonds is 4. The molecule has 3 rings (SSSR count). The van der Waals surface area contributed by atoms with Crippen LogP contribution in [-0.4, -0.2) is 15.7 Å². The zero-order valence-electron chi connectivity index (χ0n) is 13.5. The largest absolute Gasteiger partial charge is 0.332 e. The maximum absolute atomic E-state index is 12.7. The van der Waals surface area contributed by atoms with Crippen LogP contribution in [-0.2, 0) is 5.41 Å². The average Bonchev–Trinajstić information content (AvgIpc) is 3.14. The number of para-hydroxylation sites is 1. The van der Waals surface area contributed by atoms with Crippen LogP contribution >= 0.6 is 0 Å². The summed E-state index contributed by atoms with van der Waals surface area (Å²) in [6.07, 6.45) is 8.40. The highest BCUT2D eigenvalue weighted by Gasteiger charge is 2.36. The Labute approximate surface area is 131 Å². The first-order valence-corrected chi connectivity index (χ1v) is 8.18. The molecule has 0 unspecified atom stereocenters. The summed E-state index contributed by atoms with van der Waals surface area (Å²) in [6, 6.07) is 8.40. The van der Waals surface area contributed by atoms with Crippen LogP contribution < -0.4 is 11.4 Å². The molecule has 1 heterocycles. The number of hydrogen-bond acceptors (Lipinski definition) is 2. The van der Waals surface area contributed by atoms with E-state index in [4.69, 9.17) is 5.73 Å². The fourth-order valence-electron chi connectivity index (χ4n) is 3.73. The average molecular weight is 299 g/mol. The minimum absolute atomic E-state index is 0.0209. The summed E-state index contributed by atoms with van der Waals surface area (Å²) in [5.41, 5.74) is 8.40. The van der Waals surface area contributed by atoms with Crippen molar-refractivity contribution in [1.29, 1.82) is 0 Å². The maximum Gasteiger partial charge on any atom is 0.332 e. The lowest BCUT2D eigenvalue weighted by Gasteiger charge is -2.30. The Bertz CT molecular complexity index is 705. The minimum Gasteiger partial charge on any atom is -0.330 e. The quantitative estimate of drug-likeness (QED) is 0.943. The SMILES string of the molecule is CC(C)n1ccn(-c2ccccc2C2(CN)CCCC2)c1=O. The van der Waals surface area contributed by atoms with Gasteiger partial charge in [-0.15, -0.1) is 0 Å². The predicted molar refractivity (Wildman–Crippen MR) is 89.6 cm³/mol. The van der Waals surface area contributed by atoms with Crippen molar-refractivity contribution in [2.75, 3.05) is 6.54 Å². The second-order valence-corrected chi connectivity index (χ2v) is 6.66. The molecular formula is C18H25N3O. The summed E-state index contributed by atoms with van der Waals surface area (Å²) >= 11 is 0. The van der Waals surface area contributed by atoms with Crippen molar-refractivity contribution in [3.63, 3.8) is 0 Å². The number of aromatic nitrogens is 2. The van der Waals surface area contributed by atoms with Crippen LogP contribution in [0.2, 0.25) is 0 Å². The molecule has 1 aliphatic rings. The van der Waals surface area contributed by atoms with Crippen molar-refractivity contribution in [2.45, 2.75) is 51.0 Å². The molecule has 0 spiro atoms. The third kappa shape index (κ3) is 2.31. The minimum atomic E-state index is 0.0209. The molecule has 22 heavy (non-hydrogen) atoms. The first kappa shape index (κ1) is 15.1. The van der Waals surface area contributed by atoms with Gasteiger partial charge in [0.2, 0.25) is 0 Å². The zero-order chi connectivity index (χ0) is 15.7. The topological polar surface area (TPSA) is 52.9 Å². The molecule has 118 valence electrons. The second-order valence-electron chi connectivity index (χ2n) is 6.66. The number of benzene rings is 1. The Hall–Kier alpha value is -1.81. The van der Waals surface area contributed by atoms with E-state index in [0.29, 0.717) is 6.54 Å². The van der Waals surface area contributed by atoms with Crippen molar-refractivity contribution >= 4 is 0 Å². The van der Waals surface area contributed by atoms with Crippen molar-refractivity contribution < 1.29 is 0 Å². The molecule has 1 aromatic heterocycles. The van der Waals surface area contributed by atoms with Gasteiger partial charge >= 0.3 is 5.69 Å². The molecule has 4 nitrogen and oxygen atoms in total. The number of nitrogens with two attached hydrogens (primary N) is 1. The van der Waals surface area contributed by atoms with Crippen molar-refractivity contribution in [2.24, 2.45) is 5.73 Å². The molecule has 1 fully saturated rings. The standard InChI is InChI=1S/C18H25N3O/c1-14(2)20-11-12-21(17(20)22)16-8-4-3-7-15(16)18(13-19)9-5-6-10-18/h3-4,7-8,11-12,14H,5-6,9-10,13,19H2,1-2H3. The summed E-state index contributed by atoms with van der Waals surface area (Å²) < 4.78 is 3.53. The number of nitrogens with zero attached hydrogens (tertiary/aromatic N) is 2. The van der Waals surface area contributed by atoms with Crippen molar-refractivity contribution in [3.8, 4) is 5.69 Å². The molecule has 0 amide bonds. The molecule has 0 bridgehead atoms. The van der Waals surface area contributed by atoms with Gasteiger partial charge < -0.3 is 5.73 Å². The van der Waals surface area contributed by atoms with E-state index >= 15 is 0 Å². The number of hydrogen-bond donors (Lipinski definition) is 1. The van der Waals surface area contributed by atoms with Gasteiger partial charge in [0.25, 0.3) is 0 Å². The predicted octanol–water partition coefficient (Wildman–Crippen LogP) is 2.99. The third-order valence-corrected chi connectivity index (χ3v) is 5.05. The van der Waals surface area contributed by atoms with Crippen molar-refractivity contribution in [1.82, 2.24) is 9.13 Å². The Kier molecular flexibility index (Phi) is 3.96.